The second-order valence-electron chi connectivity index (χ2n) is 11.5. The zero-order valence-electron chi connectivity index (χ0n) is 21.6. The van der Waals surface area contributed by atoms with E-state index in [2.05, 4.69) is 93.5 Å². The van der Waals surface area contributed by atoms with Crippen molar-refractivity contribution >= 4 is 11.4 Å². The molecule has 3 rings (SSSR count). The minimum Gasteiger partial charge on any atom is -0.398 e. The number of aryl methyl sites for hydroxylation is 4. The molecule has 0 unspecified atom stereocenters. The van der Waals surface area contributed by atoms with Crippen molar-refractivity contribution in [1.29, 1.82) is 0 Å². The number of nitrogens with two attached hydrogens (primary N) is 2. The van der Waals surface area contributed by atoms with Crippen molar-refractivity contribution in [2.24, 2.45) is 0 Å². The monoisotopic (exact) mass is 428 g/mol. The number of rotatable bonds is 2. The van der Waals surface area contributed by atoms with Crippen LogP contribution in [0.25, 0.3) is 22.3 Å². The highest BCUT2D eigenvalue weighted by molar-refractivity contribution is 5.97. The van der Waals surface area contributed by atoms with Gasteiger partial charge in [-0.2, -0.15) is 0 Å². The largest absolute Gasteiger partial charge is 0.398 e. The van der Waals surface area contributed by atoms with E-state index >= 15 is 0 Å². The highest BCUT2D eigenvalue weighted by Gasteiger charge is 2.24. The molecule has 0 spiro atoms. The van der Waals surface area contributed by atoms with Gasteiger partial charge in [-0.05, 0) is 95.2 Å². The summed E-state index contributed by atoms with van der Waals surface area (Å²) < 4.78 is 0. The van der Waals surface area contributed by atoms with Gasteiger partial charge in [-0.15, -0.1) is 0 Å². The minimum atomic E-state index is 0.0911. The average molecular weight is 429 g/mol. The smallest absolute Gasteiger partial charge is 0.0401 e. The third-order valence-electron chi connectivity index (χ3n) is 6.41. The molecule has 4 N–H and O–H groups in total. The standard InChI is InChI=1S/C30H40N2/c1-17-13-21(14-18(2)27(17)29(5,6)7)25-23(31)11-12-24(32)26(25)22-15-19(3)28(20(4)16-22)30(8,9)10/h11-16H,31-32H2,1-10H3. The van der Waals surface area contributed by atoms with Gasteiger partial charge in [0.1, 0.15) is 0 Å². The normalized spacial score (nSPS) is 12.3. The summed E-state index contributed by atoms with van der Waals surface area (Å²) in [6, 6.07) is 12.9. The van der Waals surface area contributed by atoms with Gasteiger partial charge in [0.2, 0.25) is 0 Å². The molecule has 0 saturated carbocycles. The first-order valence-electron chi connectivity index (χ1n) is 11.5. The fourth-order valence-electron chi connectivity index (χ4n) is 5.84. The molecular weight excluding hydrogens is 388 g/mol. The van der Waals surface area contributed by atoms with Crippen molar-refractivity contribution in [1.82, 2.24) is 0 Å². The van der Waals surface area contributed by atoms with Crippen molar-refractivity contribution in [3.05, 3.63) is 69.8 Å². The molecule has 3 aromatic rings. The van der Waals surface area contributed by atoms with Gasteiger partial charge in [0.05, 0.1) is 0 Å². The maximum Gasteiger partial charge on any atom is 0.0401 e. The zero-order valence-corrected chi connectivity index (χ0v) is 21.6. The first-order chi connectivity index (χ1) is 14.6. The van der Waals surface area contributed by atoms with Gasteiger partial charge in [-0.25, -0.2) is 0 Å². The zero-order chi connectivity index (χ0) is 24.2. The van der Waals surface area contributed by atoms with Crippen molar-refractivity contribution in [2.45, 2.75) is 80.1 Å². The van der Waals surface area contributed by atoms with Crippen LogP contribution in [0, 0.1) is 27.7 Å². The topological polar surface area (TPSA) is 52.0 Å². The van der Waals surface area contributed by atoms with E-state index in [1.165, 1.54) is 33.4 Å². The maximum absolute atomic E-state index is 6.60. The molecule has 0 aromatic heterocycles. The lowest BCUT2D eigenvalue weighted by atomic mass is 9.78. The van der Waals surface area contributed by atoms with Gasteiger partial charge >= 0.3 is 0 Å². The lowest BCUT2D eigenvalue weighted by molar-refractivity contribution is 0.581. The summed E-state index contributed by atoms with van der Waals surface area (Å²) in [5.74, 6) is 0. The molecule has 0 aliphatic carbocycles. The number of nitrogen functional groups attached to an aromatic ring is 2. The van der Waals surface area contributed by atoms with Crippen LogP contribution in [0.4, 0.5) is 11.4 Å². The lowest BCUT2D eigenvalue weighted by Gasteiger charge is -2.27. The molecule has 0 radical (unpaired) electrons. The third-order valence-corrected chi connectivity index (χ3v) is 6.41. The highest BCUT2D eigenvalue weighted by Crippen LogP contribution is 2.44. The predicted molar refractivity (Wildman–Crippen MR) is 142 cm³/mol. The Balaban J connectivity index is 2.33. The van der Waals surface area contributed by atoms with Crippen molar-refractivity contribution in [3.8, 4) is 22.3 Å². The van der Waals surface area contributed by atoms with Gasteiger partial charge in [-0.3, -0.25) is 0 Å². The summed E-state index contributed by atoms with van der Waals surface area (Å²) in [7, 11) is 0. The van der Waals surface area contributed by atoms with E-state index in [1.54, 1.807) is 0 Å². The summed E-state index contributed by atoms with van der Waals surface area (Å²) in [6.45, 7) is 22.4. The molecule has 2 heteroatoms. The van der Waals surface area contributed by atoms with Crippen molar-refractivity contribution < 1.29 is 0 Å². The molecule has 32 heavy (non-hydrogen) atoms. The predicted octanol–water partition coefficient (Wildman–Crippen LogP) is 8.01. The molecule has 0 amide bonds. The summed E-state index contributed by atoms with van der Waals surface area (Å²) in [5, 5.41) is 0. The molecule has 0 aliphatic heterocycles. The highest BCUT2D eigenvalue weighted by atomic mass is 14.6. The van der Waals surface area contributed by atoms with E-state index in [0.29, 0.717) is 0 Å². The van der Waals surface area contributed by atoms with E-state index in [-0.39, 0.29) is 10.8 Å². The number of hydrogen-bond donors (Lipinski definition) is 2. The quantitative estimate of drug-likeness (QED) is 0.406. The van der Waals surface area contributed by atoms with Crippen LogP contribution in [0.2, 0.25) is 0 Å². The second kappa shape index (κ2) is 7.99. The first-order valence-corrected chi connectivity index (χ1v) is 11.5. The van der Waals surface area contributed by atoms with Crippen LogP contribution < -0.4 is 11.5 Å². The SMILES string of the molecule is Cc1cc(-c2c(N)ccc(N)c2-c2cc(C)c(C(C)(C)C)c(C)c2)cc(C)c1C(C)(C)C. The molecular formula is C30H40N2. The summed E-state index contributed by atoms with van der Waals surface area (Å²) in [5.41, 5.74) is 27.2. The second-order valence-corrected chi connectivity index (χ2v) is 11.5. The van der Waals surface area contributed by atoms with E-state index in [4.69, 9.17) is 11.5 Å². The molecule has 170 valence electrons. The summed E-state index contributed by atoms with van der Waals surface area (Å²) in [6.07, 6.45) is 0. The molecule has 0 atom stereocenters. The van der Waals surface area contributed by atoms with Gasteiger partial charge in [0.15, 0.2) is 0 Å². The van der Waals surface area contributed by atoms with E-state index in [0.717, 1.165) is 33.6 Å². The fourth-order valence-corrected chi connectivity index (χ4v) is 5.84. The van der Waals surface area contributed by atoms with Crippen LogP contribution in [0.3, 0.4) is 0 Å². The van der Waals surface area contributed by atoms with Gasteiger partial charge in [0.25, 0.3) is 0 Å². The molecule has 0 fully saturated rings. The third kappa shape index (κ3) is 4.28. The molecule has 0 heterocycles. The summed E-state index contributed by atoms with van der Waals surface area (Å²) >= 11 is 0. The van der Waals surface area contributed by atoms with Crippen LogP contribution in [-0.2, 0) is 10.8 Å². The Hall–Kier alpha value is -2.74. The van der Waals surface area contributed by atoms with E-state index in [1.807, 2.05) is 12.1 Å². The Kier molecular flexibility index (Phi) is 5.97. The van der Waals surface area contributed by atoms with E-state index < -0.39 is 0 Å². The molecule has 3 aromatic carbocycles. The van der Waals surface area contributed by atoms with Crippen molar-refractivity contribution in [2.75, 3.05) is 11.5 Å². The molecule has 0 bridgehead atoms. The number of anilines is 2. The van der Waals surface area contributed by atoms with Gasteiger partial charge in [-0.1, -0.05) is 65.8 Å². The number of benzene rings is 3. The Labute approximate surface area is 195 Å². The fraction of sp³-hybridized carbons (Fsp3) is 0.400. The van der Waals surface area contributed by atoms with Crippen LogP contribution in [0.15, 0.2) is 36.4 Å². The first kappa shape index (κ1) is 23.9. The van der Waals surface area contributed by atoms with Crippen LogP contribution in [-0.4, -0.2) is 0 Å². The Morgan fingerprint density at radius 1 is 0.500 bits per heavy atom. The number of hydrogen-bond acceptors (Lipinski definition) is 2. The molecule has 0 aliphatic rings. The summed E-state index contributed by atoms with van der Waals surface area (Å²) in [4.78, 5) is 0. The maximum atomic E-state index is 6.60. The Morgan fingerprint density at radius 3 is 0.969 bits per heavy atom. The van der Waals surface area contributed by atoms with Crippen LogP contribution in [0.1, 0.15) is 74.9 Å². The molecule has 0 saturated heterocycles. The molecule has 2 nitrogen and oxygen atoms in total. The van der Waals surface area contributed by atoms with Crippen molar-refractivity contribution in [3.63, 3.8) is 0 Å². The van der Waals surface area contributed by atoms with Gasteiger partial charge < -0.3 is 11.5 Å². The Bertz CT molecular complexity index is 1040. The Morgan fingerprint density at radius 2 is 0.750 bits per heavy atom. The average Bonchev–Trinajstić information content (AvgIpc) is 2.59. The van der Waals surface area contributed by atoms with E-state index in [9.17, 15) is 0 Å². The van der Waals surface area contributed by atoms with Gasteiger partial charge in [0, 0.05) is 22.5 Å². The van der Waals surface area contributed by atoms with Crippen LogP contribution >= 0.6 is 0 Å². The van der Waals surface area contributed by atoms with Crippen LogP contribution in [0.5, 0.6) is 0 Å². The minimum absolute atomic E-state index is 0.0911. The lowest BCUT2D eigenvalue weighted by Crippen LogP contribution is -2.15.